The van der Waals surface area contributed by atoms with Gasteiger partial charge in [-0.1, -0.05) is 18.2 Å². The highest BCUT2D eigenvalue weighted by Crippen LogP contribution is 2.22. The van der Waals surface area contributed by atoms with Gasteiger partial charge >= 0.3 is 0 Å². The van der Waals surface area contributed by atoms with Crippen LogP contribution in [0.5, 0.6) is 0 Å². The minimum atomic E-state index is -0.493. The Bertz CT molecular complexity index is 630. The average Bonchev–Trinajstić information content (AvgIpc) is 2.45. The molecule has 4 nitrogen and oxygen atoms in total. The summed E-state index contributed by atoms with van der Waals surface area (Å²) < 4.78 is 0. The Morgan fingerprint density at radius 3 is 2.84 bits per heavy atom. The van der Waals surface area contributed by atoms with Crippen molar-refractivity contribution in [2.45, 2.75) is 6.42 Å². The maximum atomic E-state index is 11.5. The van der Waals surface area contributed by atoms with Crippen molar-refractivity contribution in [3.8, 4) is 17.2 Å². The Kier molecular flexibility index (Phi) is 3.89. The molecule has 0 spiro atoms. The van der Waals surface area contributed by atoms with Gasteiger partial charge < -0.3 is 5.73 Å². The van der Waals surface area contributed by atoms with Gasteiger partial charge in [0.05, 0.1) is 12.5 Å². The zero-order chi connectivity index (χ0) is 13.7. The molecule has 2 rings (SSSR count). The molecule has 1 amide bonds. The standard InChI is InChI=1S/C15H12N3O/c16-7-1-3-11-5-6-12(9-14(11)15(17)19)13-4-2-8-18-10-13/h1-2,4-6,8-10H,3H2,(H2,17,19). The average molecular weight is 250 g/mol. The third kappa shape index (κ3) is 2.96. The fraction of sp³-hybridized carbons (Fsp3) is 0.0667. The number of nitrogens with zero attached hydrogens (tertiary/aromatic N) is 2. The fourth-order valence-corrected chi connectivity index (χ4v) is 1.85. The molecule has 1 aromatic carbocycles. The number of nitriles is 1. The summed E-state index contributed by atoms with van der Waals surface area (Å²) in [5.74, 6) is -0.493. The number of carbonyl (C=O) groups is 1. The highest BCUT2D eigenvalue weighted by Gasteiger charge is 2.10. The molecule has 1 aromatic heterocycles. The largest absolute Gasteiger partial charge is 0.366 e. The van der Waals surface area contributed by atoms with Gasteiger partial charge in [0, 0.05) is 23.5 Å². The van der Waals surface area contributed by atoms with E-state index >= 15 is 0 Å². The molecule has 0 fully saturated rings. The summed E-state index contributed by atoms with van der Waals surface area (Å²) in [6, 6.07) is 11.1. The Morgan fingerprint density at radius 2 is 2.21 bits per heavy atom. The number of benzene rings is 1. The summed E-state index contributed by atoms with van der Waals surface area (Å²) in [4.78, 5) is 15.5. The number of pyridine rings is 1. The van der Waals surface area contributed by atoms with Crippen LogP contribution in [-0.4, -0.2) is 10.9 Å². The van der Waals surface area contributed by atoms with Crippen molar-refractivity contribution < 1.29 is 4.79 Å². The summed E-state index contributed by atoms with van der Waals surface area (Å²) in [7, 11) is 0. The molecular formula is C15H12N3O. The number of nitrogens with two attached hydrogens (primary N) is 1. The van der Waals surface area contributed by atoms with Crippen LogP contribution in [0.15, 0.2) is 42.7 Å². The van der Waals surface area contributed by atoms with Gasteiger partial charge in [-0.05, 0) is 29.7 Å². The van der Waals surface area contributed by atoms with Crippen LogP contribution in [0, 0.1) is 17.8 Å². The Balaban J connectivity index is 2.42. The first-order chi connectivity index (χ1) is 9.22. The third-order valence-corrected chi connectivity index (χ3v) is 2.78. The van der Waals surface area contributed by atoms with E-state index in [1.165, 1.54) is 6.42 Å². The summed E-state index contributed by atoms with van der Waals surface area (Å²) >= 11 is 0. The second-order valence-corrected chi connectivity index (χ2v) is 4.02. The van der Waals surface area contributed by atoms with Crippen molar-refractivity contribution in [1.82, 2.24) is 4.98 Å². The van der Waals surface area contributed by atoms with E-state index in [9.17, 15) is 4.79 Å². The third-order valence-electron chi connectivity index (χ3n) is 2.78. The van der Waals surface area contributed by atoms with Crippen molar-refractivity contribution >= 4 is 5.91 Å². The van der Waals surface area contributed by atoms with Gasteiger partial charge in [0.25, 0.3) is 0 Å². The molecule has 0 atom stereocenters. The van der Waals surface area contributed by atoms with Crippen molar-refractivity contribution in [2.75, 3.05) is 0 Å². The van der Waals surface area contributed by atoms with E-state index in [0.29, 0.717) is 12.0 Å². The molecule has 1 radical (unpaired) electrons. The van der Waals surface area contributed by atoms with Gasteiger partial charge in [-0.3, -0.25) is 9.78 Å². The second-order valence-electron chi connectivity index (χ2n) is 4.02. The normalized spacial score (nSPS) is 9.84. The van der Waals surface area contributed by atoms with Gasteiger partial charge in [-0.2, -0.15) is 5.26 Å². The molecule has 0 aliphatic heterocycles. The van der Waals surface area contributed by atoms with E-state index < -0.39 is 5.91 Å². The molecule has 0 unspecified atom stereocenters. The van der Waals surface area contributed by atoms with E-state index in [0.717, 1.165) is 16.7 Å². The van der Waals surface area contributed by atoms with E-state index in [4.69, 9.17) is 11.0 Å². The predicted octanol–water partition coefficient (Wildman–Crippen LogP) is 2.12. The van der Waals surface area contributed by atoms with Crippen molar-refractivity contribution in [3.05, 3.63) is 60.3 Å². The van der Waals surface area contributed by atoms with Gasteiger partial charge in [0.1, 0.15) is 0 Å². The topological polar surface area (TPSA) is 79.8 Å². The quantitative estimate of drug-likeness (QED) is 0.902. The number of hydrogen-bond donors (Lipinski definition) is 1. The number of aromatic nitrogens is 1. The molecule has 0 aliphatic carbocycles. The maximum Gasteiger partial charge on any atom is 0.248 e. The first-order valence-corrected chi connectivity index (χ1v) is 5.77. The highest BCUT2D eigenvalue weighted by molar-refractivity contribution is 5.95. The van der Waals surface area contributed by atoms with Crippen LogP contribution >= 0.6 is 0 Å². The van der Waals surface area contributed by atoms with E-state index in [1.54, 1.807) is 18.5 Å². The molecular weight excluding hydrogens is 238 g/mol. The van der Waals surface area contributed by atoms with Crippen LogP contribution in [0.2, 0.25) is 0 Å². The molecule has 0 saturated heterocycles. The lowest BCUT2D eigenvalue weighted by Crippen LogP contribution is -2.14. The van der Waals surface area contributed by atoms with Crippen LogP contribution in [-0.2, 0) is 6.42 Å². The number of amides is 1. The van der Waals surface area contributed by atoms with Gasteiger partial charge in [0.2, 0.25) is 5.91 Å². The lowest BCUT2D eigenvalue weighted by Gasteiger charge is -2.08. The SMILES string of the molecule is N#C[CH]Cc1ccc(-c2cccnc2)cc1C(N)=O. The van der Waals surface area contributed by atoms with E-state index in [1.807, 2.05) is 30.3 Å². The van der Waals surface area contributed by atoms with Crippen LogP contribution < -0.4 is 5.73 Å². The number of primary amides is 1. The predicted molar refractivity (Wildman–Crippen MR) is 71.8 cm³/mol. The minimum Gasteiger partial charge on any atom is -0.366 e. The molecule has 2 N–H and O–H groups in total. The number of hydrogen-bond acceptors (Lipinski definition) is 3. The second kappa shape index (κ2) is 5.78. The fourth-order valence-electron chi connectivity index (χ4n) is 1.85. The van der Waals surface area contributed by atoms with E-state index in [2.05, 4.69) is 4.98 Å². The molecule has 4 heteroatoms. The van der Waals surface area contributed by atoms with Gasteiger partial charge in [-0.25, -0.2) is 0 Å². The Hall–Kier alpha value is -2.67. The van der Waals surface area contributed by atoms with Crippen LogP contribution in [0.3, 0.4) is 0 Å². The summed E-state index contributed by atoms with van der Waals surface area (Å²) in [5.41, 5.74) is 8.37. The van der Waals surface area contributed by atoms with Crippen LogP contribution in [0.4, 0.5) is 0 Å². The van der Waals surface area contributed by atoms with Crippen molar-refractivity contribution in [1.29, 1.82) is 5.26 Å². The monoisotopic (exact) mass is 250 g/mol. The summed E-state index contributed by atoms with van der Waals surface area (Å²) in [6.07, 6.45) is 5.25. The Morgan fingerprint density at radius 1 is 1.37 bits per heavy atom. The number of carbonyl (C=O) groups excluding carboxylic acids is 1. The number of rotatable bonds is 4. The molecule has 0 saturated carbocycles. The molecule has 2 aromatic rings. The Labute approximate surface area is 111 Å². The summed E-state index contributed by atoms with van der Waals surface area (Å²) in [5, 5.41) is 8.56. The lowest BCUT2D eigenvalue weighted by molar-refractivity contribution is 0.0999. The molecule has 1 heterocycles. The summed E-state index contributed by atoms with van der Waals surface area (Å²) in [6.45, 7) is 0. The van der Waals surface area contributed by atoms with Gasteiger partial charge in [-0.15, -0.1) is 0 Å². The zero-order valence-electron chi connectivity index (χ0n) is 10.2. The van der Waals surface area contributed by atoms with Gasteiger partial charge in [0.15, 0.2) is 0 Å². The first-order valence-electron chi connectivity index (χ1n) is 5.77. The molecule has 0 bridgehead atoms. The minimum absolute atomic E-state index is 0.405. The maximum absolute atomic E-state index is 11.5. The molecule has 93 valence electrons. The smallest absolute Gasteiger partial charge is 0.248 e. The van der Waals surface area contributed by atoms with Crippen LogP contribution in [0.1, 0.15) is 15.9 Å². The first kappa shape index (κ1) is 12.8. The lowest BCUT2D eigenvalue weighted by atomic mass is 9.97. The van der Waals surface area contributed by atoms with Crippen molar-refractivity contribution in [2.24, 2.45) is 5.73 Å². The highest BCUT2D eigenvalue weighted by atomic mass is 16.1. The van der Waals surface area contributed by atoms with E-state index in [-0.39, 0.29) is 0 Å². The molecule has 0 aliphatic rings. The molecule has 19 heavy (non-hydrogen) atoms. The van der Waals surface area contributed by atoms with Crippen molar-refractivity contribution in [3.63, 3.8) is 0 Å². The van der Waals surface area contributed by atoms with Crippen LogP contribution in [0.25, 0.3) is 11.1 Å². The zero-order valence-corrected chi connectivity index (χ0v) is 10.2.